The second kappa shape index (κ2) is 6.67. The summed E-state index contributed by atoms with van der Waals surface area (Å²) in [5.41, 5.74) is 2.17. The normalized spacial score (nSPS) is 11.4. The van der Waals surface area contributed by atoms with Crippen molar-refractivity contribution < 1.29 is 5.11 Å². The third-order valence-electron chi connectivity index (χ3n) is 2.92. The molecule has 0 bridgehead atoms. The van der Waals surface area contributed by atoms with E-state index < -0.39 is 0 Å². The fraction of sp³-hybridized carbons (Fsp3) is 0.786. The zero-order valence-electron chi connectivity index (χ0n) is 11.7. The summed E-state index contributed by atoms with van der Waals surface area (Å²) < 4.78 is 1.77. The van der Waals surface area contributed by atoms with Gasteiger partial charge in [-0.2, -0.15) is 5.10 Å². The molecular weight excluding hydrogens is 212 g/mol. The predicted octanol–water partition coefficient (Wildman–Crippen LogP) is 3.54. The van der Waals surface area contributed by atoms with Gasteiger partial charge in [0.2, 0.25) is 5.88 Å². The molecule has 0 saturated heterocycles. The van der Waals surface area contributed by atoms with Crippen LogP contribution in [0.1, 0.15) is 58.2 Å². The summed E-state index contributed by atoms with van der Waals surface area (Å²) in [6.45, 7) is 9.48. The summed E-state index contributed by atoms with van der Waals surface area (Å²) in [6, 6.07) is 0. The first-order valence-electron chi connectivity index (χ1n) is 6.87. The van der Waals surface area contributed by atoms with Crippen LogP contribution in [0.4, 0.5) is 0 Å². The van der Waals surface area contributed by atoms with Crippen molar-refractivity contribution in [2.75, 3.05) is 0 Å². The Morgan fingerprint density at radius 2 is 1.94 bits per heavy atom. The van der Waals surface area contributed by atoms with Crippen LogP contribution in [0.3, 0.4) is 0 Å². The second-order valence-electron chi connectivity index (χ2n) is 5.17. The molecule has 1 rings (SSSR count). The first-order chi connectivity index (χ1) is 8.10. The van der Waals surface area contributed by atoms with Gasteiger partial charge in [-0.3, -0.25) is 0 Å². The largest absolute Gasteiger partial charge is 0.493 e. The first-order valence-corrected chi connectivity index (χ1v) is 6.87. The number of hydrogen-bond acceptors (Lipinski definition) is 2. The van der Waals surface area contributed by atoms with Gasteiger partial charge in [-0.1, -0.05) is 34.1 Å². The number of aromatic hydroxyl groups is 1. The Morgan fingerprint density at radius 1 is 1.24 bits per heavy atom. The molecule has 0 saturated carbocycles. The van der Waals surface area contributed by atoms with Gasteiger partial charge in [0.1, 0.15) is 0 Å². The van der Waals surface area contributed by atoms with Crippen molar-refractivity contribution >= 4 is 0 Å². The molecule has 1 aromatic heterocycles. The maximum absolute atomic E-state index is 10.2. The van der Waals surface area contributed by atoms with E-state index in [0.29, 0.717) is 11.8 Å². The third kappa shape index (κ3) is 3.76. The molecule has 0 aliphatic heterocycles. The molecule has 0 spiro atoms. The van der Waals surface area contributed by atoms with Crippen molar-refractivity contribution in [3.05, 3.63) is 11.3 Å². The molecule has 98 valence electrons. The molecule has 0 fully saturated rings. The molecule has 0 amide bonds. The number of hydrogen-bond donors (Lipinski definition) is 1. The van der Waals surface area contributed by atoms with E-state index >= 15 is 0 Å². The van der Waals surface area contributed by atoms with E-state index in [1.807, 2.05) is 0 Å². The van der Waals surface area contributed by atoms with Crippen molar-refractivity contribution in [3.63, 3.8) is 0 Å². The Hall–Kier alpha value is -0.990. The highest BCUT2D eigenvalue weighted by atomic mass is 16.3. The minimum absolute atomic E-state index is 0.399. The van der Waals surface area contributed by atoms with Crippen LogP contribution < -0.4 is 0 Å². The summed E-state index contributed by atoms with van der Waals surface area (Å²) >= 11 is 0. The van der Waals surface area contributed by atoms with Crippen molar-refractivity contribution in [2.24, 2.45) is 5.92 Å². The Morgan fingerprint density at radius 3 is 2.47 bits per heavy atom. The lowest BCUT2D eigenvalue weighted by molar-refractivity contribution is 0.392. The third-order valence-corrected chi connectivity index (χ3v) is 2.92. The quantitative estimate of drug-likeness (QED) is 0.789. The zero-order valence-corrected chi connectivity index (χ0v) is 11.7. The van der Waals surface area contributed by atoms with Crippen LogP contribution in [0.5, 0.6) is 5.88 Å². The van der Waals surface area contributed by atoms with E-state index in [2.05, 4.69) is 32.8 Å². The second-order valence-corrected chi connectivity index (χ2v) is 5.17. The van der Waals surface area contributed by atoms with Crippen LogP contribution in [0.2, 0.25) is 0 Å². The van der Waals surface area contributed by atoms with Gasteiger partial charge in [0, 0.05) is 12.1 Å². The number of nitrogens with zero attached hydrogens (tertiary/aromatic N) is 2. The Labute approximate surface area is 105 Å². The van der Waals surface area contributed by atoms with Crippen LogP contribution in [0.15, 0.2) is 0 Å². The van der Waals surface area contributed by atoms with Gasteiger partial charge in [0.05, 0.1) is 5.69 Å². The fourth-order valence-electron chi connectivity index (χ4n) is 2.07. The summed E-state index contributed by atoms with van der Waals surface area (Å²) in [5.74, 6) is 0.982. The van der Waals surface area contributed by atoms with E-state index in [4.69, 9.17) is 0 Å². The van der Waals surface area contributed by atoms with E-state index in [1.54, 1.807) is 4.68 Å². The van der Waals surface area contributed by atoms with E-state index in [9.17, 15) is 5.11 Å². The van der Waals surface area contributed by atoms with Gasteiger partial charge in [0.15, 0.2) is 0 Å². The van der Waals surface area contributed by atoms with Gasteiger partial charge in [-0.05, 0) is 31.6 Å². The van der Waals surface area contributed by atoms with Crippen LogP contribution >= 0.6 is 0 Å². The smallest absolute Gasteiger partial charge is 0.212 e. The summed E-state index contributed by atoms with van der Waals surface area (Å²) in [7, 11) is 0. The average Bonchev–Trinajstić information content (AvgIpc) is 2.53. The molecule has 3 heteroatoms. The molecule has 0 unspecified atom stereocenters. The number of rotatable bonds is 7. The number of aromatic nitrogens is 2. The molecule has 0 aromatic carbocycles. The molecule has 0 aliphatic rings. The zero-order chi connectivity index (χ0) is 12.8. The van der Waals surface area contributed by atoms with Crippen LogP contribution in [0.25, 0.3) is 0 Å². The van der Waals surface area contributed by atoms with Crippen LogP contribution in [-0.2, 0) is 19.4 Å². The first kappa shape index (κ1) is 14.1. The minimum Gasteiger partial charge on any atom is -0.493 e. The lowest BCUT2D eigenvalue weighted by Crippen LogP contribution is -2.01. The van der Waals surface area contributed by atoms with Crippen molar-refractivity contribution in [1.29, 1.82) is 0 Å². The van der Waals surface area contributed by atoms with E-state index in [1.165, 1.54) is 0 Å². The van der Waals surface area contributed by atoms with Gasteiger partial charge >= 0.3 is 0 Å². The lowest BCUT2D eigenvalue weighted by Gasteiger charge is -2.04. The molecule has 0 atom stereocenters. The Bertz CT molecular complexity index is 342. The summed E-state index contributed by atoms with van der Waals surface area (Å²) in [5, 5.41) is 14.7. The fourth-order valence-corrected chi connectivity index (χ4v) is 2.07. The molecule has 3 nitrogen and oxygen atoms in total. The minimum atomic E-state index is 0.399. The van der Waals surface area contributed by atoms with Gasteiger partial charge < -0.3 is 5.11 Å². The van der Waals surface area contributed by atoms with Gasteiger partial charge in [-0.15, -0.1) is 0 Å². The summed E-state index contributed by atoms with van der Waals surface area (Å²) in [4.78, 5) is 0. The maximum atomic E-state index is 10.2. The van der Waals surface area contributed by atoms with Crippen molar-refractivity contribution in [1.82, 2.24) is 9.78 Å². The molecule has 0 aliphatic carbocycles. The van der Waals surface area contributed by atoms with Gasteiger partial charge in [0.25, 0.3) is 0 Å². The van der Waals surface area contributed by atoms with Crippen LogP contribution in [0, 0.1) is 5.92 Å². The van der Waals surface area contributed by atoms with Crippen LogP contribution in [-0.4, -0.2) is 14.9 Å². The molecule has 1 heterocycles. The molecule has 1 aromatic rings. The van der Waals surface area contributed by atoms with E-state index in [0.717, 1.165) is 49.9 Å². The standard InChI is InChI=1S/C14H26N2O/c1-5-7-8-12-13(10-11(3)4)15-16(9-6-2)14(12)17/h11,17H,5-10H2,1-4H3. The molecule has 0 radical (unpaired) electrons. The van der Waals surface area contributed by atoms with E-state index in [-0.39, 0.29) is 0 Å². The maximum Gasteiger partial charge on any atom is 0.212 e. The Kier molecular flexibility index (Phi) is 5.52. The highest BCUT2D eigenvalue weighted by molar-refractivity contribution is 5.31. The summed E-state index contributed by atoms with van der Waals surface area (Å²) in [6.07, 6.45) is 5.19. The molecule has 1 N–H and O–H groups in total. The SMILES string of the molecule is CCCCc1c(CC(C)C)nn(CCC)c1O. The molecular formula is C14H26N2O. The highest BCUT2D eigenvalue weighted by Crippen LogP contribution is 2.25. The monoisotopic (exact) mass is 238 g/mol. The van der Waals surface area contributed by atoms with Crippen molar-refractivity contribution in [2.45, 2.75) is 66.3 Å². The number of aryl methyl sites for hydroxylation is 1. The average molecular weight is 238 g/mol. The number of unbranched alkanes of at least 4 members (excludes halogenated alkanes) is 1. The predicted molar refractivity (Wildman–Crippen MR) is 71.3 cm³/mol. The topological polar surface area (TPSA) is 38.0 Å². The van der Waals surface area contributed by atoms with Gasteiger partial charge in [-0.25, -0.2) is 4.68 Å². The Balaban J connectivity index is 2.94. The molecule has 17 heavy (non-hydrogen) atoms. The highest BCUT2D eigenvalue weighted by Gasteiger charge is 2.16. The lowest BCUT2D eigenvalue weighted by atomic mass is 10.0. The van der Waals surface area contributed by atoms with Crippen molar-refractivity contribution in [3.8, 4) is 5.88 Å².